The van der Waals surface area contributed by atoms with Crippen LogP contribution in [0.4, 0.5) is 0 Å². The molecule has 0 bridgehead atoms. The summed E-state index contributed by atoms with van der Waals surface area (Å²) in [5, 5.41) is 10.7. The average Bonchev–Trinajstić information content (AvgIpc) is 0.909. The standard InChI is InChI=1S/C85H166O17P2/c1-8-11-12-13-14-15-16-17-18-19-20-21-22-23-28-31-39-47-54-61-68-84(89)101-80(72-95-82(87)66-59-52-45-38-30-27-25-24-26-29-36-43-50-57-64-77(6)9-2)74-99-103(91,92)97-70-79(86)71-98-104(93,94)100-75-81(73-96-83(88)67-60-53-46-41-34-35-42-49-56-63-76(4)5)102-85(90)69-62-55-48-40-33-32-37-44-51-58-65-78(7)10-3/h76-81,86H,8-75H2,1-7H3,(H,91,92)(H,93,94)/t77?,78?,79-,80-,81-/m1/s1. The number of ether oxygens (including phenoxy) is 4. The van der Waals surface area contributed by atoms with Gasteiger partial charge in [0.15, 0.2) is 12.2 Å². The van der Waals surface area contributed by atoms with Crippen molar-refractivity contribution in [3.63, 3.8) is 0 Å². The van der Waals surface area contributed by atoms with E-state index in [2.05, 4.69) is 48.5 Å². The smallest absolute Gasteiger partial charge is 0.462 e. The molecule has 0 rings (SSSR count). The molecule has 4 unspecified atom stereocenters. The first-order valence-corrected chi connectivity index (χ1v) is 46.9. The van der Waals surface area contributed by atoms with Crippen molar-refractivity contribution < 1.29 is 80.2 Å². The molecule has 0 heterocycles. The number of hydrogen-bond donors (Lipinski definition) is 3. The minimum atomic E-state index is -4.97. The van der Waals surface area contributed by atoms with Crippen LogP contribution in [0, 0.1) is 17.8 Å². The first-order valence-electron chi connectivity index (χ1n) is 43.9. The SMILES string of the molecule is CCCCCCCCCCCCCCCCCCCCCCC(=O)O[C@H](COC(=O)CCCCCCCCCCCCCCCCC(C)CC)COP(=O)(O)OC[C@@H](O)COP(=O)(O)OC[C@@H](COC(=O)CCCCCCCCCCCC(C)C)OC(=O)CCCCCCCCCCCCC(C)CC. The van der Waals surface area contributed by atoms with Gasteiger partial charge in [-0.1, -0.05) is 395 Å². The third kappa shape index (κ3) is 75.5. The number of carbonyl (C=O) groups is 4. The summed E-state index contributed by atoms with van der Waals surface area (Å²) < 4.78 is 68.9. The van der Waals surface area contributed by atoms with Crippen LogP contribution in [0.25, 0.3) is 0 Å². The number of carbonyl (C=O) groups excluding carboxylic acids is 4. The Morgan fingerprint density at radius 2 is 0.490 bits per heavy atom. The van der Waals surface area contributed by atoms with E-state index < -0.39 is 97.5 Å². The Morgan fingerprint density at radius 3 is 0.731 bits per heavy atom. The van der Waals surface area contributed by atoms with Gasteiger partial charge < -0.3 is 33.8 Å². The Hall–Kier alpha value is -1.94. The number of esters is 4. The fraction of sp³-hybridized carbons (Fsp3) is 0.953. The Balaban J connectivity index is 5.26. The van der Waals surface area contributed by atoms with E-state index in [1.165, 1.54) is 257 Å². The Labute approximate surface area is 638 Å². The molecule has 0 aliphatic heterocycles. The molecule has 0 aliphatic rings. The van der Waals surface area contributed by atoms with Gasteiger partial charge in [-0.3, -0.25) is 37.3 Å². The molecule has 0 radical (unpaired) electrons. The fourth-order valence-corrected chi connectivity index (χ4v) is 14.7. The zero-order valence-electron chi connectivity index (χ0n) is 68.5. The van der Waals surface area contributed by atoms with Crippen molar-refractivity contribution in [2.45, 2.75) is 465 Å². The fourth-order valence-electron chi connectivity index (χ4n) is 13.1. The number of rotatable bonds is 83. The maximum atomic E-state index is 13.1. The average molecular weight is 1520 g/mol. The Morgan fingerprint density at radius 1 is 0.279 bits per heavy atom. The second-order valence-corrected chi connectivity index (χ2v) is 34.4. The van der Waals surface area contributed by atoms with Crippen molar-refractivity contribution in [3.8, 4) is 0 Å². The molecular weight excluding hydrogens is 1350 g/mol. The molecule has 0 amide bonds. The lowest BCUT2D eigenvalue weighted by Crippen LogP contribution is -2.30. The molecule has 7 atom stereocenters. The minimum Gasteiger partial charge on any atom is -0.462 e. The lowest BCUT2D eigenvalue weighted by molar-refractivity contribution is -0.161. The van der Waals surface area contributed by atoms with E-state index in [-0.39, 0.29) is 25.7 Å². The summed E-state index contributed by atoms with van der Waals surface area (Å²) in [7, 11) is -9.93. The molecule has 104 heavy (non-hydrogen) atoms. The number of aliphatic hydroxyl groups excluding tert-OH is 1. The van der Waals surface area contributed by atoms with Crippen molar-refractivity contribution >= 4 is 39.5 Å². The Bertz CT molecular complexity index is 2010. The predicted molar refractivity (Wildman–Crippen MR) is 428 cm³/mol. The van der Waals surface area contributed by atoms with Crippen LogP contribution in [0.2, 0.25) is 0 Å². The van der Waals surface area contributed by atoms with Gasteiger partial charge in [0.2, 0.25) is 0 Å². The lowest BCUT2D eigenvalue weighted by atomic mass is 9.99. The third-order valence-electron chi connectivity index (χ3n) is 20.6. The first-order chi connectivity index (χ1) is 50.3. The molecule has 0 fully saturated rings. The molecule has 19 heteroatoms. The minimum absolute atomic E-state index is 0.106. The Kier molecular flexibility index (Phi) is 73.7. The summed E-state index contributed by atoms with van der Waals surface area (Å²) in [6.07, 6.45) is 65.1. The summed E-state index contributed by atoms with van der Waals surface area (Å²) >= 11 is 0. The molecule has 0 aromatic rings. The summed E-state index contributed by atoms with van der Waals surface area (Å²) in [6, 6.07) is 0. The van der Waals surface area contributed by atoms with E-state index in [4.69, 9.17) is 37.0 Å². The van der Waals surface area contributed by atoms with Crippen LogP contribution in [0.5, 0.6) is 0 Å². The largest absolute Gasteiger partial charge is 0.472 e. The summed E-state index contributed by atoms with van der Waals surface area (Å²) in [6.45, 7) is 12.0. The lowest BCUT2D eigenvalue weighted by Gasteiger charge is -2.21. The topological polar surface area (TPSA) is 237 Å². The van der Waals surface area contributed by atoms with E-state index in [0.717, 1.165) is 108 Å². The molecule has 0 spiro atoms. The van der Waals surface area contributed by atoms with Gasteiger partial charge in [0, 0.05) is 25.7 Å². The number of aliphatic hydroxyl groups is 1. The molecule has 0 aromatic carbocycles. The highest BCUT2D eigenvalue weighted by atomic mass is 31.2. The van der Waals surface area contributed by atoms with Gasteiger partial charge >= 0.3 is 39.5 Å². The van der Waals surface area contributed by atoms with Crippen molar-refractivity contribution in [2.75, 3.05) is 39.6 Å². The van der Waals surface area contributed by atoms with Gasteiger partial charge in [-0.15, -0.1) is 0 Å². The summed E-state index contributed by atoms with van der Waals surface area (Å²) in [5.41, 5.74) is 0. The predicted octanol–water partition coefficient (Wildman–Crippen LogP) is 25.7. The molecule has 0 aliphatic carbocycles. The summed E-state index contributed by atoms with van der Waals surface area (Å²) in [5.74, 6) is 0.291. The van der Waals surface area contributed by atoms with E-state index in [9.17, 15) is 43.2 Å². The van der Waals surface area contributed by atoms with Crippen molar-refractivity contribution in [3.05, 3.63) is 0 Å². The third-order valence-corrected chi connectivity index (χ3v) is 22.5. The van der Waals surface area contributed by atoms with Crippen LogP contribution in [0.3, 0.4) is 0 Å². The normalized spacial score (nSPS) is 14.4. The highest BCUT2D eigenvalue weighted by molar-refractivity contribution is 7.47. The quantitative estimate of drug-likeness (QED) is 0.0222. The van der Waals surface area contributed by atoms with Gasteiger partial charge in [-0.25, -0.2) is 9.13 Å². The second-order valence-electron chi connectivity index (χ2n) is 31.5. The zero-order valence-corrected chi connectivity index (χ0v) is 70.3. The highest BCUT2D eigenvalue weighted by Crippen LogP contribution is 2.45. The van der Waals surface area contributed by atoms with Gasteiger partial charge in [0.1, 0.15) is 19.3 Å². The van der Waals surface area contributed by atoms with Crippen LogP contribution in [0.1, 0.15) is 447 Å². The molecule has 3 N–H and O–H groups in total. The van der Waals surface area contributed by atoms with Gasteiger partial charge in [-0.2, -0.15) is 0 Å². The maximum absolute atomic E-state index is 13.1. The number of unbranched alkanes of at least 4 members (excludes halogenated alkanes) is 49. The molecule has 0 saturated heterocycles. The van der Waals surface area contributed by atoms with Crippen LogP contribution < -0.4 is 0 Å². The van der Waals surface area contributed by atoms with Crippen molar-refractivity contribution in [2.24, 2.45) is 17.8 Å². The number of hydrogen-bond acceptors (Lipinski definition) is 15. The number of phosphoric acid groups is 2. The number of phosphoric ester groups is 2. The second kappa shape index (κ2) is 75.1. The first kappa shape index (κ1) is 102. The van der Waals surface area contributed by atoms with E-state index in [1.807, 2.05) is 0 Å². The summed E-state index contributed by atoms with van der Waals surface area (Å²) in [4.78, 5) is 73.2. The highest BCUT2D eigenvalue weighted by Gasteiger charge is 2.30. The monoisotopic (exact) mass is 1520 g/mol. The van der Waals surface area contributed by atoms with Crippen LogP contribution in [0.15, 0.2) is 0 Å². The van der Waals surface area contributed by atoms with Gasteiger partial charge in [-0.05, 0) is 43.4 Å². The van der Waals surface area contributed by atoms with Gasteiger partial charge in [0.05, 0.1) is 26.4 Å². The van der Waals surface area contributed by atoms with Crippen molar-refractivity contribution in [1.29, 1.82) is 0 Å². The molecule has 0 aromatic heterocycles. The van der Waals surface area contributed by atoms with Crippen LogP contribution in [-0.2, 0) is 65.4 Å². The van der Waals surface area contributed by atoms with Gasteiger partial charge in [0.25, 0.3) is 0 Å². The zero-order chi connectivity index (χ0) is 76.5. The van der Waals surface area contributed by atoms with Crippen LogP contribution in [-0.4, -0.2) is 96.7 Å². The molecule has 0 saturated carbocycles. The molecule has 17 nitrogen and oxygen atoms in total. The van der Waals surface area contributed by atoms with Crippen LogP contribution >= 0.6 is 15.6 Å². The van der Waals surface area contributed by atoms with E-state index >= 15 is 0 Å². The van der Waals surface area contributed by atoms with E-state index in [0.29, 0.717) is 25.7 Å². The molecular formula is C85H166O17P2. The van der Waals surface area contributed by atoms with Crippen molar-refractivity contribution in [1.82, 2.24) is 0 Å². The molecule has 618 valence electrons. The van der Waals surface area contributed by atoms with E-state index in [1.54, 1.807) is 0 Å². The maximum Gasteiger partial charge on any atom is 0.472 e.